The van der Waals surface area contributed by atoms with E-state index in [-0.39, 0.29) is 48.4 Å². The molecule has 0 spiro atoms. The Morgan fingerprint density at radius 1 is 1.08 bits per heavy atom. The zero-order valence-electron chi connectivity index (χ0n) is 21.3. The Hall–Kier alpha value is -2.50. The van der Waals surface area contributed by atoms with E-state index in [1.165, 1.54) is 17.2 Å². The lowest BCUT2D eigenvalue weighted by Crippen LogP contribution is -2.38. The third-order valence-corrected chi connectivity index (χ3v) is 6.86. The van der Waals surface area contributed by atoms with Gasteiger partial charge in [0.15, 0.2) is 11.5 Å². The molecular formula is C26H31Cl2F3N6O. The van der Waals surface area contributed by atoms with Crippen LogP contribution in [0, 0.1) is 0 Å². The molecule has 5 rings (SSSR count). The van der Waals surface area contributed by atoms with Crippen molar-refractivity contribution in [3.63, 3.8) is 0 Å². The molecule has 1 aliphatic rings. The topological polar surface area (TPSA) is 81.6 Å². The molecule has 1 aromatic carbocycles. The van der Waals surface area contributed by atoms with E-state index >= 15 is 0 Å². The van der Waals surface area contributed by atoms with Gasteiger partial charge in [-0.2, -0.15) is 13.2 Å². The molecule has 0 aliphatic carbocycles. The van der Waals surface area contributed by atoms with Crippen molar-refractivity contribution in [3.05, 3.63) is 59.8 Å². The van der Waals surface area contributed by atoms with Crippen LogP contribution in [0.2, 0.25) is 0 Å². The fourth-order valence-electron chi connectivity index (χ4n) is 5.16. The average Bonchev–Trinajstić information content (AvgIpc) is 3.43. The number of alkyl halides is 3. The first-order valence-electron chi connectivity index (χ1n) is 11.9. The van der Waals surface area contributed by atoms with Gasteiger partial charge in [0.05, 0.1) is 12.1 Å². The summed E-state index contributed by atoms with van der Waals surface area (Å²) in [4.78, 5) is 6.30. The summed E-state index contributed by atoms with van der Waals surface area (Å²) in [6.45, 7) is 5.17. The molecule has 4 aromatic rings. The van der Waals surface area contributed by atoms with Gasteiger partial charge < -0.3 is 10.5 Å². The standard InChI is InChI=1S/C26H29F3N6O.2ClH/c1-25(2,15-36-3)19-6-4-5-16-7-9-20(31-22(16)19)24-33-32-21-10-8-17(13-35(21)24)23(26(27,28)29)34-12-11-18(30)14-34;;/h4-10,13,18,23H,11-12,14-15,30H2,1-3H3;2*1H/t18-,23+;;/m0../s1. The first-order valence-corrected chi connectivity index (χ1v) is 11.9. The van der Waals surface area contributed by atoms with Crippen LogP contribution in [0.3, 0.4) is 0 Å². The van der Waals surface area contributed by atoms with E-state index in [2.05, 4.69) is 24.0 Å². The van der Waals surface area contributed by atoms with Crippen LogP contribution in [0.25, 0.3) is 28.1 Å². The Labute approximate surface area is 231 Å². The smallest absolute Gasteiger partial charge is 0.384 e. The van der Waals surface area contributed by atoms with E-state index in [0.717, 1.165) is 16.5 Å². The van der Waals surface area contributed by atoms with Crippen molar-refractivity contribution in [1.29, 1.82) is 0 Å². The highest BCUT2D eigenvalue weighted by Crippen LogP contribution is 2.39. The van der Waals surface area contributed by atoms with E-state index in [1.54, 1.807) is 17.6 Å². The number of nitrogens with two attached hydrogens (primary N) is 1. The molecule has 0 bridgehead atoms. The summed E-state index contributed by atoms with van der Waals surface area (Å²) >= 11 is 0. The van der Waals surface area contributed by atoms with Gasteiger partial charge in [-0.3, -0.25) is 9.30 Å². The molecule has 12 heteroatoms. The highest BCUT2D eigenvalue weighted by Gasteiger charge is 2.46. The molecule has 0 radical (unpaired) electrons. The molecule has 7 nitrogen and oxygen atoms in total. The minimum atomic E-state index is -4.45. The van der Waals surface area contributed by atoms with Crippen LogP contribution < -0.4 is 5.73 Å². The third-order valence-electron chi connectivity index (χ3n) is 6.86. The van der Waals surface area contributed by atoms with Crippen LogP contribution in [-0.4, -0.2) is 63.5 Å². The maximum atomic E-state index is 14.2. The lowest BCUT2D eigenvalue weighted by Gasteiger charge is -2.30. The van der Waals surface area contributed by atoms with E-state index in [4.69, 9.17) is 15.5 Å². The zero-order chi connectivity index (χ0) is 25.7. The number of para-hydroxylation sites is 1. The Bertz CT molecular complexity index is 1410. The van der Waals surface area contributed by atoms with Crippen LogP contribution in [0.4, 0.5) is 13.2 Å². The average molecular weight is 571 g/mol. The molecule has 0 unspecified atom stereocenters. The number of nitrogens with zero attached hydrogens (tertiary/aromatic N) is 5. The van der Waals surface area contributed by atoms with Gasteiger partial charge in [0, 0.05) is 43.2 Å². The summed E-state index contributed by atoms with van der Waals surface area (Å²) < 4.78 is 49.6. The van der Waals surface area contributed by atoms with Gasteiger partial charge in [0.1, 0.15) is 11.7 Å². The van der Waals surface area contributed by atoms with Crippen molar-refractivity contribution < 1.29 is 17.9 Å². The summed E-state index contributed by atoms with van der Waals surface area (Å²) in [6, 6.07) is 10.8. The molecule has 2 atom stereocenters. The van der Waals surface area contributed by atoms with E-state index in [1.807, 2.05) is 30.3 Å². The molecule has 0 amide bonds. The molecule has 2 N–H and O–H groups in total. The molecule has 1 saturated heterocycles. The molecule has 0 saturated carbocycles. The third kappa shape index (κ3) is 5.60. The predicted octanol–water partition coefficient (Wildman–Crippen LogP) is 5.35. The highest BCUT2D eigenvalue weighted by molar-refractivity contribution is 5.86. The van der Waals surface area contributed by atoms with Gasteiger partial charge in [-0.05, 0) is 29.7 Å². The van der Waals surface area contributed by atoms with Crippen LogP contribution in [-0.2, 0) is 10.2 Å². The van der Waals surface area contributed by atoms with E-state index in [9.17, 15) is 13.2 Å². The first-order chi connectivity index (χ1) is 17.1. The highest BCUT2D eigenvalue weighted by atomic mass is 35.5. The Morgan fingerprint density at radius 2 is 1.84 bits per heavy atom. The number of pyridine rings is 2. The lowest BCUT2D eigenvalue weighted by atomic mass is 9.84. The number of rotatable bonds is 6. The van der Waals surface area contributed by atoms with Crippen molar-refractivity contribution in [2.75, 3.05) is 26.8 Å². The van der Waals surface area contributed by atoms with Gasteiger partial charge in [0.25, 0.3) is 0 Å². The molecule has 1 aliphatic heterocycles. The van der Waals surface area contributed by atoms with Crippen LogP contribution in [0.1, 0.15) is 37.4 Å². The summed E-state index contributed by atoms with van der Waals surface area (Å²) in [5, 5.41) is 9.43. The second-order valence-corrected chi connectivity index (χ2v) is 10.1. The number of likely N-dealkylation sites (tertiary alicyclic amines) is 1. The van der Waals surface area contributed by atoms with Crippen LogP contribution in [0.15, 0.2) is 48.7 Å². The number of benzene rings is 1. The van der Waals surface area contributed by atoms with Gasteiger partial charge in [-0.25, -0.2) is 4.98 Å². The van der Waals surface area contributed by atoms with Crippen molar-refractivity contribution in [1.82, 2.24) is 24.5 Å². The quantitative estimate of drug-likeness (QED) is 0.336. The molecule has 1 fully saturated rings. The van der Waals surface area contributed by atoms with Crippen LogP contribution in [0.5, 0.6) is 0 Å². The summed E-state index contributed by atoms with van der Waals surface area (Å²) in [5.74, 6) is 0.382. The SMILES string of the molecule is COCC(C)(C)c1cccc2ccc(-c3nnc4ccc([C@@H](N5CC[C@H](N)C5)C(F)(F)F)cn34)nc12.Cl.Cl. The fraction of sp³-hybridized carbons (Fsp3) is 0.423. The molecule has 3 aromatic heterocycles. The van der Waals surface area contributed by atoms with Gasteiger partial charge in [-0.1, -0.05) is 44.2 Å². The van der Waals surface area contributed by atoms with Crippen LogP contribution >= 0.6 is 24.8 Å². The van der Waals surface area contributed by atoms with Crippen molar-refractivity contribution in [2.45, 2.75) is 43.9 Å². The van der Waals surface area contributed by atoms with Crippen molar-refractivity contribution in [2.24, 2.45) is 5.73 Å². The number of methoxy groups -OCH3 is 1. The Morgan fingerprint density at radius 3 is 2.50 bits per heavy atom. The maximum absolute atomic E-state index is 14.2. The molecular weight excluding hydrogens is 540 g/mol. The summed E-state index contributed by atoms with van der Waals surface area (Å²) in [5.41, 5.74) is 8.52. The summed E-state index contributed by atoms with van der Waals surface area (Å²) in [7, 11) is 1.66. The maximum Gasteiger partial charge on any atom is 0.408 e. The van der Waals surface area contributed by atoms with E-state index < -0.39 is 12.2 Å². The predicted molar refractivity (Wildman–Crippen MR) is 146 cm³/mol. The first kappa shape index (κ1) is 30.0. The number of aromatic nitrogens is 4. The largest absolute Gasteiger partial charge is 0.408 e. The lowest BCUT2D eigenvalue weighted by molar-refractivity contribution is -0.183. The number of fused-ring (bicyclic) bond motifs is 2. The van der Waals surface area contributed by atoms with E-state index in [0.29, 0.717) is 36.7 Å². The van der Waals surface area contributed by atoms with Gasteiger partial charge in [-0.15, -0.1) is 35.0 Å². The Balaban J connectivity index is 0.00000200. The number of halogens is 5. The monoisotopic (exact) mass is 570 g/mol. The van der Waals surface area contributed by atoms with Gasteiger partial charge >= 0.3 is 6.18 Å². The second kappa shape index (κ2) is 11.3. The normalized spacial score (nSPS) is 17.4. The van der Waals surface area contributed by atoms with Gasteiger partial charge in [0.2, 0.25) is 0 Å². The molecule has 4 heterocycles. The number of hydrogen-bond donors (Lipinski definition) is 1. The second-order valence-electron chi connectivity index (χ2n) is 10.1. The number of ether oxygens (including phenoxy) is 1. The minimum Gasteiger partial charge on any atom is -0.384 e. The molecule has 206 valence electrons. The van der Waals surface area contributed by atoms with Crippen molar-refractivity contribution >= 4 is 41.4 Å². The number of hydrogen-bond acceptors (Lipinski definition) is 6. The minimum absolute atomic E-state index is 0. The Kier molecular flexibility index (Phi) is 8.95. The summed E-state index contributed by atoms with van der Waals surface area (Å²) in [6.07, 6.45) is -2.44. The molecule has 38 heavy (non-hydrogen) atoms. The zero-order valence-corrected chi connectivity index (χ0v) is 22.9. The van der Waals surface area contributed by atoms with Crippen molar-refractivity contribution in [3.8, 4) is 11.5 Å². The fourth-order valence-corrected chi connectivity index (χ4v) is 5.16.